The predicted molar refractivity (Wildman–Crippen MR) is 101 cm³/mol. The fraction of sp³-hybridized carbons (Fsp3) is 0.235. The van der Waals surface area contributed by atoms with E-state index >= 15 is 0 Å². The molecule has 2 aromatic rings. The van der Waals surface area contributed by atoms with E-state index in [-0.39, 0.29) is 23.6 Å². The molecule has 2 rings (SSSR count). The van der Waals surface area contributed by atoms with Gasteiger partial charge in [0.1, 0.15) is 16.2 Å². The zero-order valence-electron chi connectivity index (χ0n) is 15.4. The Hall–Kier alpha value is -2.19. The van der Waals surface area contributed by atoms with Gasteiger partial charge in [-0.2, -0.15) is 0 Å². The number of halogens is 8. The summed E-state index contributed by atoms with van der Waals surface area (Å²) < 4.78 is 104. The topological polar surface area (TPSA) is 58.6 Å². The number of ether oxygens (including phenoxy) is 1. The molecule has 0 aliphatic carbocycles. The zero-order chi connectivity index (χ0) is 23.8. The Balaban J connectivity index is 1.99. The van der Waals surface area contributed by atoms with E-state index in [9.17, 15) is 42.5 Å². The monoisotopic (exact) mass is 497 g/mol. The molecule has 1 atom stereocenters. The van der Waals surface area contributed by atoms with Gasteiger partial charge in [-0.15, -0.1) is 24.9 Å². The first-order chi connectivity index (χ1) is 13.7. The van der Waals surface area contributed by atoms with Crippen LogP contribution in [0.4, 0.5) is 38.3 Å². The second kappa shape index (κ2) is 7.45. The Kier molecular flexibility index (Phi) is 6.02. The van der Waals surface area contributed by atoms with Gasteiger partial charge in [-0.05, 0) is 55.5 Å². The number of thioether (sulfide) groups is 1. The highest BCUT2D eigenvalue weighted by Crippen LogP contribution is 3.02. The summed E-state index contributed by atoms with van der Waals surface area (Å²) in [4.78, 5) is 10.5. The summed E-state index contributed by atoms with van der Waals surface area (Å²) in [5.41, 5.74) is -2.31. The lowest BCUT2D eigenvalue weighted by Crippen LogP contribution is -2.42. The number of rotatable bonds is 7. The Bertz CT molecular complexity index is 944. The minimum atomic E-state index is -9.85. The highest BCUT2D eigenvalue weighted by Gasteiger charge is 2.65. The lowest BCUT2D eigenvalue weighted by molar-refractivity contribution is -0.274. The van der Waals surface area contributed by atoms with Crippen molar-refractivity contribution in [1.29, 1.82) is 0 Å². The third kappa shape index (κ3) is 7.78. The number of nitrogens with one attached hydrogen (secondary N) is 1. The molecule has 0 saturated heterocycles. The number of benzene rings is 2. The third-order valence-corrected chi connectivity index (χ3v) is 6.10. The summed E-state index contributed by atoms with van der Waals surface area (Å²) in [6.07, 6.45) is -4.86. The standard InChI is InChI=1S/C17H15F8NO3S2/c1-16(28,10-30-13-6-4-12(5-7-13)29-17(18,19)20)15(27)26-11-2-8-14(9-3-11)31(21,22,23,24)25/h2-9,28H,10H2,1H3,(H,26,27). The molecule has 4 nitrogen and oxygen atoms in total. The molecule has 0 bridgehead atoms. The second-order valence-corrected chi connectivity index (χ2v) is 9.99. The molecule has 2 aromatic carbocycles. The average Bonchev–Trinajstić information content (AvgIpc) is 2.58. The van der Waals surface area contributed by atoms with Crippen molar-refractivity contribution in [3.63, 3.8) is 0 Å². The van der Waals surface area contributed by atoms with Crippen molar-refractivity contribution in [3.8, 4) is 5.75 Å². The molecule has 0 heterocycles. The number of anilines is 1. The van der Waals surface area contributed by atoms with Crippen LogP contribution in [-0.4, -0.2) is 28.7 Å². The first-order valence-corrected chi connectivity index (χ1v) is 11.1. The summed E-state index contributed by atoms with van der Waals surface area (Å²) in [5.74, 6) is -1.77. The molecular formula is C17H15F8NO3S2. The lowest BCUT2D eigenvalue weighted by Gasteiger charge is -2.40. The Morgan fingerprint density at radius 1 is 1.00 bits per heavy atom. The molecule has 0 saturated carbocycles. The molecule has 2 N–H and O–H groups in total. The van der Waals surface area contributed by atoms with Gasteiger partial charge in [-0.1, -0.05) is 19.4 Å². The van der Waals surface area contributed by atoms with Gasteiger partial charge >= 0.3 is 16.6 Å². The van der Waals surface area contributed by atoms with Crippen LogP contribution in [0.2, 0.25) is 0 Å². The maximum Gasteiger partial charge on any atom is 0.573 e. The van der Waals surface area contributed by atoms with Crippen LogP contribution in [0.3, 0.4) is 0 Å². The van der Waals surface area contributed by atoms with Gasteiger partial charge in [0.15, 0.2) is 0 Å². The second-order valence-electron chi connectivity index (χ2n) is 6.53. The molecule has 31 heavy (non-hydrogen) atoms. The minimum absolute atomic E-state index is 0.116. The van der Waals surface area contributed by atoms with Gasteiger partial charge < -0.3 is 15.2 Å². The summed E-state index contributed by atoms with van der Waals surface area (Å²) in [7, 11) is -9.85. The number of amides is 1. The van der Waals surface area contributed by atoms with Crippen molar-refractivity contribution < 1.29 is 47.2 Å². The third-order valence-electron chi connectivity index (χ3n) is 3.62. The van der Waals surface area contributed by atoms with E-state index in [1.54, 1.807) is 0 Å². The van der Waals surface area contributed by atoms with E-state index in [4.69, 9.17) is 0 Å². The molecule has 0 radical (unpaired) electrons. The minimum Gasteiger partial charge on any atom is -0.406 e. The Morgan fingerprint density at radius 3 is 1.97 bits per heavy atom. The molecule has 0 aliphatic heterocycles. The number of carbonyl (C=O) groups excluding carboxylic acids is 1. The average molecular weight is 497 g/mol. The van der Waals surface area contributed by atoms with E-state index in [1.165, 1.54) is 12.1 Å². The highest BCUT2D eigenvalue weighted by molar-refractivity contribution is 8.45. The van der Waals surface area contributed by atoms with E-state index in [0.717, 1.165) is 30.8 Å². The van der Waals surface area contributed by atoms with E-state index in [2.05, 4.69) is 10.1 Å². The largest absolute Gasteiger partial charge is 0.573 e. The fourth-order valence-electron chi connectivity index (χ4n) is 2.09. The van der Waals surface area contributed by atoms with Crippen LogP contribution in [0.5, 0.6) is 5.75 Å². The van der Waals surface area contributed by atoms with Gasteiger partial charge in [-0.25, -0.2) is 0 Å². The van der Waals surface area contributed by atoms with E-state index < -0.39 is 38.7 Å². The predicted octanol–water partition coefficient (Wildman–Crippen LogP) is 6.72. The van der Waals surface area contributed by atoms with Crippen LogP contribution in [0.15, 0.2) is 58.3 Å². The van der Waals surface area contributed by atoms with Gasteiger partial charge in [0.05, 0.1) is 0 Å². The van der Waals surface area contributed by atoms with Crippen LogP contribution in [-0.2, 0) is 4.79 Å². The normalized spacial score (nSPS) is 16.6. The molecular weight excluding hydrogens is 482 g/mol. The van der Waals surface area contributed by atoms with Crippen LogP contribution >= 0.6 is 22.0 Å². The van der Waals surface area contributed by atoms with Crippen LogP contribution < -0.4 is 10.1 Å². The fourth-order valence-corrected chi connectivity index (χ4v) is 3.65. The summed E-state index contributed by atoms with van der Waals surface area (Å²) in [6, 6.07) is 6.06. The SMILES string of the molecule is CC(O)(CSc1ccc(OC(F)(F)F)cc1)C(=O)Nc1ccc(S(F)(F)(F)(F)F)cc1. The first-order valence-electron chi connectivity index (χ1n) is 8.12. The molecule has 174 valence electrons. The van der Waals surface area contributed by atoms with Gasteiger partial charge in [0, 0.05) is 16.3 Å². The zero-order valence-corrected chi connectivity index (χ0v) is 17.1. The van der Waals surface area contributed by atoms with E-state index in [1.807, 2.05) is 0 Å². The van der Waals surface area contributed by atoms with Crippen molar-refractivity contribution in [2.24, 2.45) is 0 Å². The number of hydrogen-bond acceptors (Lipinski definition) is 4. The summed E-state index contributed by atoms with van der Waals surface area (Å²) in [6.45, 7) is 1.10. The number of aliphatic hydroxyl groups is 1. The summed E-state index contributed by atoms with van der Waals surface area (Å²) >= 11 is 0.907. The number of hydrogen-bond donors (Lipinski definition) is 2. The van der Waals surface area contributed by atoms with Crippen molar-refractivity contribution >= 4 is 33.6 Å². The molecule has 14 heteroatoms. The maximum absolute atomic E-state index is 12.7. The molecule has 0 aliphatic rings. The van der Waals surface area contributed by atoms with Crippen LogP contribution in [0, 0.1) is 0 Å². The molecule has 0 aromatic heterocycles. The van der Waals surface area contributed by atoms with Crippen LogP contribution in [0.1, 0.15) is 6.92 Å². The van der Waals surface area contributed by atoms with Gasteiger partial charge in [0.25, 0.3) is 5.91 Å². The number of alkyl halides is 3. The van der Waals surface area contributed by atoms with Crippen molar-refractivity contribution in [2.45, 2.75) is 28.7 Å². The lowest BCUT2D eigenvalue weighted by atomic mass is 10.1. The molecule has 1 amide bonds. The van der Waals surface area contributed by atoms with E-state index in [0.29, 0.717) is 17.0 Å². The Labute approximate surface area is 175 Å². The smallest absolute Gasteiger partial charge is 0.406 e. The van der Waals surface area contributed by atoms with Crippen molar-refractivity contribution in [1.82, 2.24) is 0 Å². The van der Waals surface area contributed by atoms with Crippen molar-refractivity contribution in [2.75, 3.05) is 11.1 Å². The summed E-state index contributed by atoms with van der Waals surface area (Å²) in [5, 5.41) is 12.4. The van der Waals surface area contributed by atoms with Crippen LogP contribution in [0.25, 0.3) is 0 Å². The first kappa shape index (κ1) is 25.1. The Morgan fingerprint density at radius 2 is 1.52 bits per heavy atom. The quantitative estimate of drug-likeness (QED) is 0.329. The molecule has 0 spiro atoms. The number of carbonyl (C=O) groups is 1. The van der Waals surface area contributed by atoms with Crippen molar-refractivity contribution in [3.05, 3.63) is 48.5 Å². The van der Waals surface area contributed by atoms with Gasteiger partial charge in [0.2, 0.25) is 0 Å². The molecule has 1 unspecified atom stereocenters. The highest BCUT2D eigenvalue weighted by atomic mass is 32.5. The maximum atomic E-state index is 12.7. The van der Waals surface area contributed by atoms with Gasteiger partial charge in [-0.3, -0.25) is 4.79 Å². The molecule has 0 fully saturated rings.